The molecule has 3 aromatic carbocycles. The maximum Gasteiger partial charge on any atom is 0.194 e. The fraction of sp³-hybridized carbons (Fsp3) is 0.0500. The summed E-state index contributed by atoms with van der Waals surface area (Å²) in [6, 6.07) is 18.4. The Labute approximate surface area is 148 Å². The largest absolute Gasteiger partial charge is 0.489 e. The molecule has 3 aromatic rings. The van der Waals surface area contributed by atoms with Crippen molar-refractivity contribution in [2.75, 3.05) is 5.43 Å². The van der Waals surface area contributed by atoms with Crippen molar-refractivity contribution in [1.29, 1.82) is 0 Å². The minimum absolute atomic E-state index is 0.0536. The molecule has 3 nitrogen and oxygen atoms in total. The van der Waals surface area contributed by atoms with Crippen LogP contribution in [0.25, 0.3) is 0 Å². The summed E-state index contributed by atoms with van der Waals surface area (Å²) >= 11 is 0. The molecule has 0 fully saturated rings. The molecule has 0 saturated carbocycles. The Hall–Kier alpha value is -3.28. The first-order valence-corrected chi connectivity index (χ1v) is 7.83. The van der Waals surface area contributed by atoms with Gasteiger partial charge in [-0.3, -0.25) is 5.43 Å². The third-order valence-electron chi connectivity index (χ3n) is 3.58. The van der Waals surface area contributed by atoms with E-state index >= 15 is 0 Å². The van der Waals surface area contributed by atoms with Crippen LogP contribution in [-0.2, 0) is 6.61 Å². The summed E-state index contributed by atoms with van der Waals surface area (Å²) in [5.74, 6) is -4.18. The highest BCUT2D eigenvalue weighted by atomic mass is 19.2. The van der Waals surface area contributed by atoms with Gasteiger partial charge in [-0.05, 0) is 17.7 Å². The molecule has 1 N–H and O–H groups in total. The van der Waals surface area contributed by atoms with Gasteiger partial charge in [-0.1, -0.05) is 42.5 Å². The fourth-order valence-corrected chi connectivity index (χ4v) is 2.26. The highest BCUT2D eigenvalue weighted by molar-refractivity contribution is 5.82. The van der Waals surface area contributed by atoms with Crippen LogP contribution in [0.5, 0.6) is 5.75 Å². The van der Waals surface area contributed by atoms with Crippen LogP contribution in [-0.4, -0.2) is 6.21 Å². The first kappa shape index (κ1) is 17.5. The monoisotopic (exact) mass is 356 g/mol. The zero-order chi connectivity index (χ0) is 18.4. The molecule has 0 heterocycles. The molecule has 0 saturated heterocycles. The lowest BCUT2D eigenvalue weighted by molar-refractivity contribution is 0.299. The molecule has 3 rings (SSSR count). The molecular weight excluding hydrogens is 341 g/mol. The van der Waals surface area contributed by atoms with Crippen LogP contribution >= 0.6 is 0 Å². The van der Waals surface area contributed by atoms with Crippen LogP contribution < -0.4 is 10.2 Å². The lowest BCUT2D eigenvalue weighted by atomic mass is 10.1. The zero-order valence-electron chi connectivity index (χ0n) is 13.6. The van der Waals surface area contributed by atoms with Crippen molar-refractivity contribution in [3.05, 3.63) is 95.3 Å². The van der Waals surface area contributed by atoms with Crippen molar-refractivity contribution in [3.63, 3.8) is 0 Å². The van der Waals surface area contributed by atoms with Gasteiger partial charge in [0, 0.05) is 17.7 Å². The number of halogens is 3. The van der Waals surface area contributed by atoms with E-state index in [4.69, 9.17) is 4.74 Å². The standard InChI is InChI=1S/C20H15F3N2O/c21-18-10-17(11-19(22)20(18)23)26-13-15-7-5-4-6-14(15)12-24-25-16-8-2-1-3-9-16/h1-12,25H,13H2. The Bertz CT molecular complexity index is 891. The van der Waals surface area contributed by atoms with Gasteiger partial charge in [-0.15, -0.1) is 0 Å². The number of hydrogen-bond acceptors (Lipinski definition) is 3. The summed E-state index contributed by atoms with van der Waals surface area (Å²) in [7, 11) is 0. The Balaban J connectivity index is 1.69. The molecule has 0 radical (unpaired) electrons. The summed E-state index contributed by atoms with van der Waals surface area (Å²) in [4.78, 5) is 0. The number of anilines is 1. The van der Waals surface area contributed by atoms with Gasteiger partial charge in [0.2, 0.25) is 0 Å². The fourth-order valence-electron chi connectivity index (χ4n) is 2.26. The summed E-state index contributed by atoms with van der Waals surface area (Å²) in [6.45, 7) is 0.0536. The Morgan fingerprint density at radius 1 is 0.885 bits per heavy atom. The van der Waals surface area contributed by atoms with E-state index in [9.17, 15) is 13.2 Å². The quantitative estimate of drug-likeness (QED) is 0.377. The van der Waals surface area contributed by atoms with E-state index in [1.807, 2.05) is 48.5 Å². The summed E-state index contributed by atoms with van der Waals surface area (Å²) < 4.78 is 44.9. The van der Waals surface area contributed by atoms with E-state index < -0.39 is 17.5 Å². The summed E-state index contributed by atoms with van der Waals surface area (Å²) in [6.07, 6.45) is 1.62. The number of hydrazone groups is 1. The number of para-hydroxylation sites is 1. The van der Waals surface area contributed by atoms with Crippen molar-refractivity contribution in [2.24, 2.45) is 5.10 Å². The molecule has 0 spiro atoms. The van der Waals surface area contributed by atoms with Gasteiger partial charge in [0.25, 0.3) is 0 Å². The van der Waals surface area contributed by atoms with Crippen LogP contribution in [0.1, 0.15) is 11.1 Å². The van der Waals surface area contributed by atoms with Gasteiger partial charge in [0.05, 0.1) is 11.9 Å². The van der Waals surface area contributed by atoms with Crippen LogP contribution in [0.3, 0.4) is 0 Å². The topological polar surface area (TPSA) is 33.6 Å². The third kappa shape index (κ3) is 4.42. The van der Waals surface area contributed by atoms with Crippen molar-refractivity contribution < 1.29 is 17.9 Å². The Morgan fingerprint density at radius 2 is 1.54 bits per heavy atom. The Kier molecular flexibility index (Phi) is 5.53. The highest BCUT2D eigenvalue weighted by Gasteiger charge is 2.11. The van der Waals surface area contributed by atoms with Gasteiger partial charge in [0.15, 0.2) is 17.5 Å². The van der Waals surface area contributed by atoms with Gasteiger partial charge in [-0.25, -0.2) is 13.2 Å². The van der Waals surface area contributed by atoms with Gasteiger partial charge >= 0.3 is 0 Å². The van der Waals surface area contributed by atoms with Crippen LogP contribution in [0.4, 0.5) is 18.9 Å². The van der Waals surface area contributed by atoms with E-state index in [0.717, 1.165) is 28.9 Å². The number of nitrogens with one attached hydrogen (secondary N) is 1. The molecule has 0 aliphatic rings. The predicted octanol–water partition coefficient (Wildman–Crippen LogP) is 5.13. The summed E-state index contributed by atoms with van der Waals surface area (Å²) in [5, 5.41) is 4.17. The normalized spacial score (nSPS) is 10.9. The minimum atomic E-state index is -1.52. The van der Waals surface area contributed by atoms with Gasteiger partial charge in [0.1, 0.15) is 12.4 Å². The van der Waals surface area contributed by atoms with Gasteiger partial charge < -0.3 is 4.74 Å². The van der Waals surface area contributed by atoms with Crippen LogP contribution in [0.2, 0.25) is 0 Å². The smallest absolute Gasteiger partial charge is 0.194 e. The van der Waals surface area contributed by atoms with Crippen molar-refractivity contribution >= 4 is 11.9 Å². The second-order valence-corrected chi connectivity index (χ2v) is 5.42. The third-order valence-corrected chi connectivity index (χ3v) is 3.58. The molecule has 0 aliphatic heterocycles. The number of hydrogen-bond donors (Lipinski definition) is 1. The number of nitrogens with zero attached hydrogens (tertiary/aromatic N) is 1. The maximum absolute atomic E-state index is 13.2. The second-order valence-electron chi connectivity index (χ2n) is 5.42. The SMILES string of the molecule is Fc1cc(OCc2ccccc2C=NNc2ccccc2)cc(F)c1F. The van der Waals surface area contributed by atoms with E-state index in [2.05, 4.69) is 10.5 Å². The molecule has 0 unspecified atom stereocenters. The molecule has 0 aromatic heterocycles. The molecule has 132 valence electrons. The minimum Gasteiger partial charge on any atom is -0.489 e. The van der Waals surface area contributed by atoms with Crippen molar-refractivity contribution in [1.82, 2.24) is 0 Å². The maximum atomic E-state index is 13.2. The highest BCUT2D eigenvalue weighted by Crippen LogP contribution is 2.21. The summed E-state index contributed by atoms with van der Waals surface area (Å²) in [5.41, 5.74) is 5.28. The molecule has 0 aliphatic carbocycles. The van der Waals surface area contributed by atoms with Crippen molar-refractivity contribution in [3.8, 4) is 5.75 Å². The molecular formula is C20H15F3N2O. The number of benzene rings is 3. The molecule has 6 heteroatoms. The molecule has 0 bridgehead atoms. The van der Waals surface area contributed by atoms with Crippen LogP contribution in [0, 0.1) is 17.5 Å². The van der Waals surface area contributed by atoms with Crippen molar-refractivity contribution in [2.45, 2.75) is 6.61 Å². The average Bonchev–Trinajstić information content (AvgIpc) is 2.66. The molecule has 0 amide bonds. The Morgan fingerprint density at radius 3 is 2.27 bits per heavy atom. The molecule has 0 atom stereocenters. The van der Waals surface area contributed by atoms with Gasteiger partial charge in [-0.2, -0.15) is 5.10 Å². The number of ether oxygens (including phenoxy) is 1. The number of rotatable bonds is 6. The van der Waals surface area contributed by atoms with Crippen LogP contribution in [0.15, 0.2) is 71.8 Å². The lowest BCUT2D eigenvalue weighted by Crippen LogP contribution is -2.02. The predicted molar refractivity (Wildman–Crippen MR) is 94.7 cm³/mol. The molecule has 26 heavy (non-hydrogen) atoms. The second kappa shape index (κ2) is 8.20. The lowest BCUT2D eigenvalue weighted by Gasteiger charge is -2.09. The van der Waals surface area contributed by atoms with E-state index in [0.29, 0.717) is 0 Å². The van der Waals surface area contributed by atoms with E-state index in [1.54, 1.807) is 12.3 Å². The zero-order valence-corrected chi connectivity index (χ0v) is 13.6. The first-order chi connectivity index (χ1) is 12.6. The average molecular weight is 356 g/mol. The van der Waals surface area contributed by atoms with E-state index in [-0.39, 0.29) is 12.4 Å². The van der Waals surface area contributed by atoms with E-state index in [1.165, 1.54) is 0 Å². The first-order valence-electron chi connectivity index (χ1n) is 7.83.